The molecule has 4 nitrogen and oxygen atoms in total. The molecule has 1 fully saturated rings. The van der Waals surface area contributed by atoms with Crippen molar-refractivity contribution in [3.63, 3.8) is 0 Å². The number of anilines is 1. The highest BCUT2D eigenvalue weighted by Gasteiger charge is 2.35. The highest BCUT2D eigenvalue weighted by atomic mass is 32.2. The van der Waals surface area contributed by atoms with Gasteiger partial charge in [0.2, 0.25) is 0 Å². The number of amidine groups is 1. The number of thioether (sulfide) groups is 1. The van der Waals surface area contributed by atoms with Gasteiger partial charge in [-0.15, -0.1) is 0 Å². The maximum absolute atomic E-state index is 13.7. The van der Waals surface area contributed by atoms with Crippen LogP contribution in [-0.4, -0.2) is 11.1 Å². The van der Waals surface area contributed by atoms with E-state index in [9.17, 15) is 9.18 Å². The van der Waals surface area contributed by atoms with E-state index >= 15 is 0 Å². The molecule has 0 unspecified atom stereocenters. The number of aliphatic imine (C=N–C) groups is 1. The van der Waals surface area contributed by atoms with Crippen LogP contribution in [-0.2, 0) is 11.4 Å². The fraction of sp³-hybridized carbons (Fsp3) is 0.0968. The minimum atomic E-state index is -0.285. The molecule has 37 heavy (non-hydrogen) atoms. The van der Waals surface area contributed by atoms with E-state index in [1.165, 1.54) is 23.9 Å². The molecule has 0 spiro atoms. The van der Waals surface area contributed by atoms with Crippen molar-refractivity contribution < 1.29 is 13.9 Å². The average Bonchev–Trinajstić information content (AvgIpc) is 3.20. The lowest BCUT2D eigenvalue weighted by Gasteiger charge is -2.16. The lowest BCUT2D eigenvalue weighted by molar-refractivity contribution is -0.113. The molecule has 4 aromatic carbocycles. The van der Waals surface area contributed by atoms with Crippen LogP contribution in [0.15, 0.2) is 107 Å². The normalized spacial score (nSPS) is 15.5. The van der Waals surface area contributed by atoms with Crippen molar-refractivity contribution in [1.82, 2.24) is 0 Å². The van der Waals surface area contributed by atoms with Gasteiger partial charge < -0.3 is 4.74 Å². The summed E-state index contributed by atoms with van der Waals surface area (Å²) < 4.78 is 19.3. The van der Waals surface area contributed by atoms with E-state index in [1.54, 1.807) is 17.0 Å². The van der Waals surface area contributed by atoms with E-state index in [0.717, 1.165) is 33.6 Å². The third-order valence-corrected chi connectivity index (χ3v) is 6.84. The number of ether oxygens (including phenoxy) is 1. The van der Waals surface area contributed by atoms with Crippen molar-refractivity contribution in [2.45, 2.75) is 20.5 Å². The Kier molecular flexibility index (Phi) is 7.19. The van der Waals surface area contributed by atoms with Crippen LogP contribution in [0.3, 0.4) is 0 Å². The summed E-state index contributed by atoms with van der Waals surface area (Å²) in [6.07, 6.45) is 1.84. The number of halogens is 1. The van der Waals surface area contributed by atoms with Gasteiger partial charge in [-0.05, 0) is 79.7 Å². The Labute approximate surface area is 220 Å². The molecule has 0 radical (unpaired) electrons. The van der Waals surface area contributed by atoms with Crippen LogP contribution >= 0.6 is 11.8 Å². The fourth-order valence-corrected chi connectivity index (χ4v) is 4.81. The Balaban J connectivity index is 1.47. The Morgan fingerprint density at radius 1 is 0.865 bits per heavy atom. The maximum atomic E-state index is 13.7. The molecular formula is C31H25FN2O2S. The highest BCUT2D eigenvalue weighted by molar-refractivity contribution is 8.19. The quantitative estimate of drug-likeness (QED) is 0.249. The number of rotatable bonds is 6. The summed E-state index contributed by atoms with van der Waals surface area (Å²) in [5.74, 6) is 0.207. The molecular weight excluding hydrogens is 483 g/mol. The van der Waals surface area contributed by atoms with Crippen molar-refractivity contribution in [1.29, 1.82) is 0 Å². The summed E-state index contributed by atoms with van der Waals surface area (Å²) in [6, 6.07) is 29.5. The van der Waals surface area contributed by atoms with E-state index in [0.29, 0.717) is 15.8 Å². The predicted octanol–water partition coefficient (Wildman–Crippen LogP) is 7.83. The molecule has 1 aliphatic rings. The Bertz CT molecular complexity index is 1480. The minimum Gasteiger partial charge on any atom is -0.488 e. The Hall–Kier alpha value is -4.16. The van der Waals surface area contributed by atoms with Gasteiger partial charge in [0.15, 0.2) is 5.17 Å². The van der Waals surface area contributed by atoms with Crippen LogP contribution in [0.25, 0.3) is 6.08 Å². The highest BCUT2D eigenvalue weighted by Crippen LogP contribution is 2.38. The smallest absolute Gasteiger partial charge is 0.271 e. The van der Waals surface area contributed by atoms with E-state index in [1.807, 2.05) is 92.7 Å². The number of para-hydroxylation sites is 1. The van der Waals surface area contributed by atoms with E-state index in [-0.39, 0.29) is 18.3 Å². The van der Waals surface area contributed by atoms with Gasteiger partial charge in [0.25, 0.3) is 5.91 Å². The first-order valence-corrected chi connectivity index (χ1v) is 12.7. The zero-order valence-corrected chi connectivity index (χ0v) is 21.3. The minimum absolute atomic E-state index is 0.145. The molecule has 1 amide bonds. The van der Waals surface area contributed by atoms with E-state index in [4.69, 9.17) is 9.73 Å². The van der Waals surface area contributed by atoms with Gasteiger partial charge in [0.05, 0.1) is 16.3 Å². The van der Waals surface area contributed by atoms with Gasteiger partial charge in [-0.2, -0.15) is 0 Å². The van der Waals surface area contributed by atoms with Gasteiger partial charge in [0, 0.05) is 5.56 Å². The molecule has 1 heterocycles. The van der Waals surface area contributed by atoms with Gasteiger partial charge in [-0.1, -0.05) is 65.7 Å². The Morgan fingerprint density at radius 2 is 1.51 bits per heavy atom. The number of nitrogens with zero attached hydrogens (tertiary/aromatic N) is 2. The second-order valence-corrected chi connectivity index (χ2v) is 9.78. The molecule has 1 saturated heterocycles. The SMILES string of the molecule is Cc1ccc(N=C2S/C(=C\c3ccccc3OCc3ccc(F)cc3)C(=O)N2c2ccc(C)cc2)cc1. The summed E-state index contributed by atoms with van der Waals surface area (Å²) in [4.78, 5) is 20.7. The van der Waals surface area contributed by atoms with Crippen LogP contribution in [0, 0.1) is 19.7 Å². The van der Waals surface area contributed by atoms with E-state index < -0.39 is 0 Å². The summed E-state index contributed by atoms with van der Waals surface area (Å²) in [5, 5.41) is 0.591. The third-order valence-electron chi connectivity index (χ3n) is 5.87. The third kappa shape index (κ3) is 5.81. The number of hydrogen-bond acceptors (Lipinski definition) is 4. The van der Waals surface area contributed by atoms with Gasteiger partial charge in [-0.25, -0.2) is 9.38 Å². The van der Waals surface area contributed by atoms with Crippen LogP contribution in [0.5, 0.6) is 5.75 Å². The first-order valence-electron chi connectivity index (χ1n) is 11.9. The van der Waals surface area contributed by atoms with Crippen LogP contribution in [0.2, 0.25) is 0 Å². The molecule has 0 aliphatic carbocycles. The van der Waals surface area contributed by atoms with Crippen molar-refractivity contribution in [2.24, 2.45) is 4.99 Å². The molecule has 0 N–H and O–H groups in total. The number of benzene rings is 4. The average molecular weight is 509 g/mol. The zero-order chi connectivity index (χ0) is 25.8. The van der Waals surface area contributed by atoms with Crippen molar-refractivity contribution in [3.05, 3.63) is 130 Å². The maximum Gasteiger partial charge on any atom is 0.271 e. The lowest BCUT2D eigenvalue weighted by atomic mass is 10.1. The number of carbonyl (C=O) groups is 1. The number of carbonyl (C=O) groups excluding carboxylic acids is 1. The summed E-state index contributed by atoms with van der Waals surface area (Å²) >= 11 is 1.33. The lowest BCUT2D eigenvalue weighted by Crippen LogP contribution is -2.28. The van der Waals surface area contributed by atoms with Crippen LogP contribution < -0.4 is 9.64 Å². The monoisotopic (exact) mass is 508 g/mol. The molecule has 6 heteroatoms. The van der Waals surface area contributed by atoms with Crippen molar-refractivity contribution in [2.75, 3.05) is 4.90 Å². The van der Waals surface area contributed by atoms with Gasteiger partial charge >= 0.3 is 0 Å². The first-order chi connectivity index (χ1) is 18.0. The zero-order valence-electron chi connectivity index (χ0n) is 20.5. The molecule has 184 valence electrons. The van der Waals surface area contributed by atoms with E-state index in [2.05, 4.69) is 0 Å². The first kappa shape index (κ1) is 24.5. The predicted molar refractivity (Wildman–Crippen MR) is 150 cm³/mol. The number of aryl methyl sites for hydroxylation is 2. The van der Waals surface area contributed by atoms with Crippen molar-refractivity contribution in [3.8, 4) is 5.75 Å². The molecule has 0 bridgehead atoms. The second-order valence-electron chi connectivity index (χ2n) is 8.77. The number of amides is 1. The second kappa shape index (κ2) is 10.8. The molecule has 0 atom stereocenters. The molecule has 4 aromatic rings. The number of hydrogen-bond donors (Lipinski definition) is 0. The van der Waals surface area contributed by atoms with Crippen LogP contribution in [0.1, 0.15) is 22.3 Å². The standard InChI is InChI=1S/C31H25FN2O2S/c1-21-7-15-26(16-8-21)33-31-34(27-17-9-22(2)10-18-27)30(35)29(37-31)19-24-5-3-4-6-28(24)36-20-23-11-13-25(32)14-12-23/h3-19H,20H2,1-2H3/b29-19-,33-31?. The summed E-state index contributed by atoms with van der Waals surface area (Å²) in [6.45, 7) is 4.33. The summed E-state index contributed by atoms with van der Waals surface area (Å²) in [7, 11) is 0. The molecule has 1 aliphatic heterocycles. The van der Waals surface area contributed by atoms with Gasteiger partial charge in [-0.3, -0.25) is 9.69 Å². The largest absolute Gasteiger partial charge is 0.488 e. The Morgan fingerprint density at radius 3 is 2.22 bits per heavy atom. The molecule has 5 rings (SSSR count). The van der Waals surface area contributed by atoms with Crippen LogP contribution in [0.4, 0.5) is 15.8 Å². The topological polar surface area (TPSA) is 41.9 Å². The van der Waals surface area contributed by atoms with Crippen molar-refractivity contribution >= 4 is 40.3 Å². The summed E-state index contributed by atoms with van der Waals surface area (Å²) in [5.41, 5.74) is 5.44. The molecule has 0 saturated carbocycles. The molecule has 0 aromatic heterocycles. The van der Waals surface area contributed by atoms with Gasteiger partial charge in [0.1, 0.15) is 18.2 Å². The fourth-order valence-electron chi connectivity index (χ4n) is 3.81.